The lowest BCUT2D eigenvalue weighted by Gasteiger charge is -2.24. The van der Waals surface area contributed by atoms with Crippen LogP contribution in [0.25, 0.3) is 6.08 Å². The van der Waals surface area contributed by atoms with Gasteiger partial charge in [-0.2, -0.15) is 5.10 Å². The molecule has 1 saturated carbocycles. The normalized spacial score (nSPS) is 20.5. The van der Waals surface area contributed by atoms with E-state index in [1.807, 2.05) is 31.6 Å². The number of anilines is 1. The molecule has 1 aromatic carbocycles. The summed E-state index contributed by atoms with van der Waals surface area (Å²) in [5.41, 5.74) is 2.51. The van der Waals surface area contributed by atoms with Crippen molar-refractivity contribution in [1.29, 1.82) is 0 Å². The Balaban J connectivity index is 1.50. The molecule has 1 amide bonds. The van der Waals surface area contributed by atoms with Gasteiger partial charge >= 0.3 is 0 Å². The quantitative estimate of drug-likeness (QED) is 0.755. The highest BCUT2D eigenvalue weighted by molar-refractivity contribution is 5.91. The third-order valence-electron chi connectivity index (χ3n) is 4.47. The molecule has 0 bridgehead atoms. The Morgan fingerprint density at radius 1 is 1.48 bits per heavy atom. The predicted molar refractivity (Wildman–Crippen MR) is 86.8 cm³/mol. The van der Waals surface area contributed by atoms with Gasteiger partial charge in [0.1, 0.15) is 11.8 Å². The molecule has 1 aliphatic carbocycles. The van der Waals surface area contributed by atoms with Crippen LogP contribution < -0.4 is 10.6 Å². The summed E-state index contributed by atoms with van der Waals surface area (Å²) in [6.45, 7) is 0. The van der Waals surface area contributed by atoms with Crippen molar-refractivity contribution in [3.63, 3.8) is 0 Å². The number of hydrogen-bond donors (Lipinski definition) is 3. The average molecular weight is 310 g/mol. The van der Waals surface area contributed by atoms with Gasteiger partial charge in [0, 0.05) is 30.1 Å². The van der Waals surface area contributed by atoms with Crippen LogP contribution in [0.3, 0.4) is 0 Å². The number of nitrogens with zero attached hydrogens (tertiary/aromatic N) is 2. The van der Waals surface area contributed by atoms with E-state index in [0.29, 0.717) is 0 Å². The lowest BCUT2D eigenvalue weighted by molar-refractivity contribution is -0.122. The Morgan fingerprint density at radius 3 is 3.00 bits per heavy atom. The van der Waals surface area contributed by atoms with E-state index in [-0.39, 0.29) is 17.2 Å². The second-order valence-electron chi connectivity index (χ2n) is 6.23. The van der Waals surface area contributed by atoms with Crippen molar-refractivity contribution in [2.45, 2.75) is 24.4 Å². The van der Waals surface area contributed by atoms with Crippen LogP contribution in [-0.4, -0.2) is 26.8 Å². The van der Waals surface area contributed by atoms with Gasteiger partial charge in [0.2, 0.25) is 5.91 Å². The van der Waals surface area contributed by atoms with Crippen molar-refractivity contribution in [3.8, 4) is 5.75 Å². The van der Waals surface area contributed by atoms with Gasteiger partial charge in [0.25, 0.3) is 0 Å². The Bertz CT molecular complexity index is 805. The van der Waals surface area contributed by atoms with Crippen molar-refractivity contribution in [2.75, 3.05) is 5.32 Å². The van der Waals surface area contributed by atoms with Gasteiger partial charge in [-0.1, -0.05) is 12.2 Å². The summed E-state index contributed by atoms with van der Waals surface area (Å²) in [6, 6.07) is 4.65. The van der Waals surface area contributed by atoms with E-state index >= 15 is 0 Å². The Morgan fingerprint density at radius 2 is 2.30 bits per heavy atom. The number of benzene rings is 1. The number of nitrogens with one attached hydrogen (secondary N) is 2. The minimum atomic E-state index is -0.416. The molecular weight excluding hydrogens is 292 g/mol. The minimum absolute atomic E-state index is 0.0543. The number of aromatic nitrogens is 2. The number of aryl methyl sites for hydroxylation is 1. The molecular formula is C17H18N4O2. The maximum absolute atomic E-state index is 12.6. The van der Waals surface area contributed by atoms with E-state index in [2.05, 4.69) is 15.7 Å². The number of fused-ring (bicyclic) bond motifs is 1. The molecule has 6 heteroatoms. The second-order valence-corrected chi connectivity index (χ2v) is 6.23. The Kier molecular flexibility index (Phi) is 2.94. The zero-order chi connectivity index (χ0) is 16.0. The van der Waals surface area contributed by atoms with E-state index in [9.17, 15) is 9.90 Å². The van der Waals surface area contributed by atoms with Gasteiger partial charge in [-0.3, -0.25) is 9.48 Å². The van der Waals surface area contributed by atoms with E-state index in [4.69, 9.17) is 0 Å². The molecule has 3 N–H and O–H groups in total. The lowest BCUT2D eigenvalue weighted by Crippen LogP contribution is -2.44. The highest BCUT2D eigenvalue weighted by atomic mass is 16.3. The third-order valence-corrected chi connectivity index (χ3v) is 4.47. The number of carbonyl (C=O) groups is 1. The Labute approximate surface area is 133 Å². The summed E-state index contributed by atoms with van der Waals surface area (Å²) >= 11 is 0. The van der Waals surface area contributed by atoms with Crippen LogP contribution in [0.1, 0.15) is 24.0 Å². The topological polar surface area (TPSA) is 79.2 Å². The van der Waals surface area contributed by atoms with Crippen LogP contribution in [0.5, 0.6) is 5.75 Å². The molecule has 0 saturated heterocycles. The molecule has 1 atom stereocenters. The van der Waals surface area contributed by atoms with E-state index in [0.717, 1.165) is 29.7 Å². The first-order chi connectivity index (χ1) is 11.1. The van der Waals surface area contributed by atoms with E-state index < -0.39 is 6.04 Å². The highest BCUT2D eigenvalue weighted by Gasteiger charge is 2.47. The maximum Gasteiger partial charge on any atom is 0.247 e. The van der Waals surface area contributed by atoms with Gasteiger partial charge in [-0.05, 0) is 31.0 Å². The fourth-order valence-electron chi connectivity index (χ4n) is 2.98. The standard InChI is InChI=1S/C17H18N4O2/c1-21-10-12(9-18-21)17(6-7-17)20-16(23)15-4-2-11-8-13(22)3-5-14(11)19-15/h2-5,8-10,15,19,22H,6-7H2,1H3,(H,20,23). The molecule has 0 radical (unpaired) electrons. The first-order valence-corrected chi connectivity index (χ1v) is 7.65. The van der Waals surface area contributed by atoms with Crippen LogP contribution >= 0.6 is 0 Å². The summed E-state index contributed by atoms with van der Waals surface area (Å²) in [4.78, 5) is 12.6. The Hall–Kier alpha value is -2.76. The highest BCUT2D eigenvalue weighted by Crippen LogP contribution is 2.45. The molecule has 1 unspecified atom stereocenters. The molecule has 2 aliphatic rings. The number of phenolic OH excluding ortho intramolecular Hbond substituents is 1. The predicted octanol–water partition coefficient (Wildman–Crippen LogP) is 1.74. The molecule has 2 heterocycles. The molecule has 23 heavy (non-hydrogen) atoms. The van der Waals surface area contributed by atoms with Crippen molar-refractivity contribution in [2.24, 2.45) is 7.05 Å². The van der Waals surface area contributed by atoms with E-state index in [1.54, 1.807) is 22.9 Å². The zero-order valence-corrected chi connectivity index (χ0v) is 12.8. The number of amides is 1. The SMILES string of the molecule is Cn1cc(C2(NC(=O)C3C=Cc4cc(O)ccc4N3)CC2)cn1. The second kappa shape index (κ2) is 4.87. The molecule has 2 aromatic rings. The lowest BCUT2D eigenvalue weighted by atomic mass is 10.0. The van der Waals surface area contributed by atoms with Gasteiger partial charge in [0.15, 0.2) is 0 Å². The largest absolute Gasteiger partial charge is 0.508 e. The summed E-state index contributed by atoms with van der Waals surface area (Å²) in [7, 11) is 1.87. The van der Waals surface area contributed by atoms with Crippen LogP contribution in [0.15, 0.2) is 36.7 Å². The minimum Gasteiger partial charge on any atom is -0.508 e. The van der Waals surface area contributed by atoms with Crippen molar-refractivity contribution < 1.29 is 9.90 Å². The maximum atomic E-state index is 12.6. The van der Waals surface area contributed by atoms with Gasteiger partial charge < -0.3 is 15.7 Å². The molecule has 1 fully saturated rings. The molecule has 1 aliphatic heterocycles. The summed E-state index contributed by atoms with van der Waals surface area (Å²) < 4.78 is 1.75. The zero-order valence-electron chi connectivity index (χ0n) is 12.8. The van der Waals surface area contributed by atoms with Crippen molar-refractivity contribution in [3.05, 3.63) is 47.8 Å². The molecule has 6 nitrogen and oxygen atoms in total. The summed E-state index contributed by atoms with van der Waals surface area (Å²) in [5.74, 6) is 0.160. The fraction of sp³-hybridized carbons (Fsp3) is 0.294. The number of rotatable bonds is 3. The molecule has 118 valence electrons. The number of hydrogen-bond acceptors (Lipinski definition) is 4. The first-order valence-electron chi connectivity index (χ1n) is 7.65. The first kappa shape index (κ1) is 13.9. The van der Waals surface area contributed by atoms with Crippen molar-refractivity contribution in [1.82, 2.24) is 15.1 Å². The summed E-state index contributed by atoms with van der Waals surface area (Å²) in [6.07, 6.45) is 9.32. The van der Waals surface area contributed by atoms with Crippen LogP contribution in [0.2, 0.25) is 0 Å². The van der Waals surface area contributed by atoms with Crippen LogP contribution in [0.4, 0.5) is 5.69 Å². The monoisotopic (exact) mass is 310 g/mol. The smallest absolute Gasteiger partial charge is 0.247 e. The molecule has 1 aromatic heterocycles. The number of phenols is 1. The van der Waals surface area contributed by atoms with Gasteiger partial charge in [-0.25, -0.2) is 0 Å². The van der Waals surface area contributed by atoms with Gasteiger partial charge in [-0.15, -0.1) is 0 Å². The fourth-order valence-corrected chi connectivity index (χ4v) is 2.98. The number of aromatic hydroxyl groups is 1. The average Bonchev–Trinajstić information content (AvgIpc) is 3.18. The van der Waals surface area contributed by atoms with Gasteiger partial charge in [0.05, 0.1) is 11.7 Å². The van der Waals surface area contributed by atoms with E-state index in [1.165, 1.54) is 0 Å². The third kappa shape index (κ3) is 2.46. The molecule has 4 rings (SSSR count). The van der Waals surface area contributed by atoms with Crippen molar-refractivity contribution >= 4 is 17.7 Å². The summed E-state index contributed by atoms with van der Waals surface area (Å²) in [5, 5.41) is 20.1. The van der Waals surface area contributed by atoms with Crippen LogP contribution in [0, 0.1) is 0 Å². The van der Waals surface area contributed by atoms with Crippen LogP contribution in [-0.2, 0) is 17.4 Å². The molecule has 0 spiro atoms. The number of carbonyl (C=O) groups excluding carboxylic acids is 1.